The lowest BCUT2D eigenvalue weighted by Crippen LogP contribution is -2.11. The van der Waals surface area contributed by atoms with E-state index in [4.69, 9.17) is 4.74 Å². The average Bonchev–Trinajstić information content (AvgIpc) is 2.67. The van der Waals surface area contributed by atoms with Gasteiger partial charge >= 0.3 is 0 Å². The summed E-state index contributed by atoms with van der Waals surface area (Å²) in [6.07, 6.45) is 4.89. The molecule has 0 aliphatic rings. The van der Waals surface area contributed by atoms with Gasteiger partial charge in [0.15, 0.2) is 5.52 Å². The van der Waals surface area contributed by atoms with Crippen LogP contribution in [0, 0.1) is 33.6 Å². The van der Waals surface area contributed by atoms with Crippen LogP contribution in [0.4, 0.5) is 0 Å². The summed E-state index contributed by atoms with van der Waals surface area (Å²) in [5, 5.41) is 1.06. The molecule has 0 fully saturated rings. The van der Waals surface area contributed by atoms with Crippen LogP contribution in [0.25, 0.3) is 0 Å². The third kappa shape index (κ3) is 5.92. The fourth-order valence-electron chi connectivity index (χ4n) is 3.57. The summed E-state index contributed by atoms with van der Waals surface area (Å²) < 4.78 is 5.99. The molecular formula is C25H35O2P. The number of hydrogen-bond acceptors (Lipinski definition) is 2. The number of unbranched alkanes of at least 4 members (excludes halogenated alkanes) is 1. The van der Waals surface area contributed by atoms with Crippen LogP contribution in [0.2, 0.25) is 0 Å². The molecule has 2 rings (SSSR count). The average molecular weight is 399 g/mol. The van der Waals surface area contributed by atoms with Crippen molar-refractivity contribution in [1.29, 1.82) is 0 Å². The Morgan fingerprint density at radius 2 is 1.68 bits per heavy atom. The number of benzene rings is 2. The summed E-state index contributed by atoms with van der Waals surface area (Å²) in [5.41, 5.74) is 5.78. The van der Waals surface area contributed by atoms with Crippen LogP contribution in [0.1, 0.15) is 72.1 Å². The van der Waals surface area contributed by atoms with E-state index in [1.807, 2.05) is 31.2 Å². The Balaban J connectivity index is 2.01. The number of carbonyl (C=O) groups is 1. The van der Waals surface area contributed by atoms with Crippen LogP contribution in [0.15, 0.2) is 30.3 Å². The van der Waals surface area contributed by atoms with Gasteiger partial charge in [0, 0.05) is 5.56 Å². The van der Waals surface area contributed by atoms with E-state index in [1.54, 1.807) is 0 Å². The van der Waals surface area contributed by atoms with Gasteiger partial charge in [-0.15, -0.1) is 0 Å². The molecule has 0 radical (unpaired) electrons. The lowest BCUT2D eigenvalue weighted by molar-refractivity contribution is 0.108. The number of carbonyl (C=O) groups excluding carboxylic acids is 1. The van der Waals surface area contributed by atoms with Gasteiger partial charge in [0.2, 0.25) is 0 Å². The van der Waals surface area contributed by atoms with Crippen molar-refractivity contribution in [2.45, 2.75) is 67.2 Å². The highest BCUT2D eigenvalue weighted by Crippen LogP contribution is 2.28. The van der Waals surface area contributed by atoms with E-state index in [0.717, 1.165) is 40.8 Å². The Bertz CT molecular complexity index is 793. The Morgan fingerprint density at radius 1 is 1.00 bits per heavy atom. The van der Waals surface area contributed by atoms with Crippen molar-refractivity contribution in [3.8, 4) is 5.75 Å². The van der Waals surface area contributed by atoms with Gasteiger partial charge in [0.25, 0.3) is 0 Å². The van der Waals surface area contributed by atoms with Crippen molar-refractivity contribution < 1.29 is 9.53 Å². The molecule has 0 amide bonds. The van der Waals surface area contributed by atoms with Gasteiger partial charge in [-0.2, -0.15) is 0 Å². The Kier molecular flexibility index (Phi) is 8.70. The number of hydrogen-bond donors (Lipinski definition) is 0. The molecule has 0 aliphatic heterocycles. The third-order valence-electron chi connectivity index (χ3n) is 5.72. The second-order valence-corrected chi connectivity index (χ2v) is 9.12. The summed E-state index contributed by atoms with van der Waals surface area (Å²) >= 11 is 0. The zero-order valence-electron chi connectivity index (χ0n) is 18.3. The minimum absolute atomic E-state index is 0.141. The Morgan fingerprint density at radius 3 is 2.29 bits per heavy atom. The number of ether oxygens (including phenoxy) is 1. The third-order valence-corrected chi connectivity index (χ3v) is 6.82. The van der Waals surface area contributed by atoms with Gasteiger partial charge < -0.3 is 4.74 Å². The fourth-order valence-corrected chi connectivity index (χ4v) is 4.68. The highest BCUT2D eigenvalue weighted by molar-refractivity contribution is 7.66. The SMILES string of the molecule is CCCCC(CC)COc1ccc(PC(=O)c2c(C)cc(C)c(C)c2C)cc1. The van der Waals surface area contributed by atoms with Crippen molar-refractivity contribution in [2.24, 2.45) is 5.92 Å². The van der Waals surface area contributed by atoms with Crippen LogP contribution < -0.4 is 10.0 Å². The largest absolute Gasteiger partial charge is 0.493 e. The molecule has 2 aromatic rings. The van der Waals surface area contributed by atoms with E-state index < -0.39 is 0 Å². The maximum Gasteiger partial charge on any atom is 0.186 e. The lowest BCUT2D eigenvalue weighted by Gasteiger charge is -2.16. The molecule has 0 spiro atoms. The zero-order chi connectivity index (χ0) is 20.7. The van der Waals surface area contributed by atoms with Crippen molar-refractivity contribution in [3.05, 3.63) is 58.1 Å². The fraction of sp³-hybridized carbons (Fsp3) is 0.480. The quantitative estimate of drug-likeness (QED) is 0.418. The molecule has 28 heavy (non-hydrogen) atoms. The normalized spacial score (nSPS) is 12.5. The monoisotopic (exact) mass is 398 g/mol. The van der Waals surface area contributed by atoms with Crippen LogP contribution >= 0.6 is 8.58 Å². The van der Waals surface area contributed by atoms with Crippen LogP contribution in [-0.4, -0.2) is 12.1 Å². The molecule has 0 aliphatic carbocycles. The second-order valence-electron chi connectivity index (χ2n) is 7.84. The zero-order valence-corrected chi connectivity index (χ0v) is 19.3. The maximum atomic E-state index is 12.9. The molecule has 0 heterocycles. The molecule has 2 nitrogen and oxygen atoms in total. The van der Waals surface area contributed by atoms with E-state index in [0.29, 0.717) is 5.92 Å². The van der Waals surface area contributed by atoms with E-state index in [2.05, 4.69) is 40.7 Å². The lowest BCUT2D eigenvalue weighted by atomic mass is 9.95. The first-order chi connectivity index (χ1) is 13.4. The number of rotatable bonds is 10. The van der Waals surface area contributed by atoms with Gasteiger partial charge in [-0.1, -0.05) is 51.3 Å². The van der Waals surface area contributed by atoms with E-state index in [1.165, 1.54) is 30.4 Å². The molecule has 152 valence electrons. The summed E-state index contributed by atoms with van der Waals surface area (Å²) in [6, 6.07) is 10.2. The van der Waals surface area contributed by atoms with Crippen molar-refractivity contribution >= 4 is 19.4 Å². The Labute approximate surface area is 172 Å². The van der Waals surface area contributed by atoms with Gasteiger partial charge in [-0.3, -0.25) is 4.79 Å². The van der Waals surface area contributed by atoms with Crippen LogP contribution in [0.5, 0.6) is 5.75 Å². The first kappa shape index (κ1) is 22.6. The second kappa shape index (κ2) is 10.8. The van der Waals surface area contributed by atoms with Crippen molar-refractivity contribution in [1.82, 2.24) is 0 Å². The van der Waals surface area contributed by atoms with Gasteiger partial charge in [-0.05, 0) is 88.3 Å². The van der Waals surface area contributed by atoms with Crippen molar-refractivity contribution in [2.75, 3.05) is 6.61 Å². The van der Waals surface area contributed by atoms with Crippen molar-refractivity contribution in [3.63, 3.8) is 0 Å². The summed E-state index contributed by atoms with van der Waals surface area (Å²) in [5.74, 6) is 1.52. The number of aryl methyl sites for hydroxylation is 2. The minimum Gasteiger partial charge on any atom is -0.493 e. The summed E-state index contributed by atoms with van der Waals surface area (Å²) in [6.45, 7) is 13.5. The van der Waals surface area contributed by atoms with Gasteiger partial charge in [-0.25, -0.2) is 0 Å². The van der Waals surface area contributed by atoms with Gasteiger partial charge in [0.1, 0.15) is 5.75 Å². The summed E-state index contributed by atoms with van der Waals surface area (Å²) in [4.78, 5) is 12.9. The standard InChI is InChI=1S/C25H35O2P/c1-7-9-10-21(8-2)16-27-22-11-13-23(14-12-22)28-25(26)24-18(4)15-17(3)19(5)20(24)6/h11-15,21,28H,7-10,16H2,1-6H3. The molecule has 2 aromatic carbocycles. The topological polar surface area (TPSA) is 26.3 Å². The molecule has 2 unspecified atom stereocenters. The van der Waals surface area contributed by atoms with Gasteiger partial charge in [0.05, 0.1) is 6.61 Å². The molecule has 3 heteroatoms. The molecule has 2 atom stereocenters. The van der Waals surface area contributed by atoms with Crippen LogP contribution in [-0.2, 0) is 0 Å². The molecular weight excluding hydrogens is 363 g/mol. The van der Waals surface area contributed by atoms with Crippen LogP contribution in [0.3, 0.4) is 0 Å². The molecule has 0 saturated heterocycles. The highest BCUT2D eigenvalue weighted by atomic mass is 31.1. The molecule has 0 aromatic heterocycles. The van der Waals surface area contributed by atoms with E-state index >= 15 is 0 Å². The minimum atomic E-state index is 0.141. The smallest absolute Gasteiger partial charge is 0.186 e. The maximum absolute atomic E-state index is 12.9. The summed E-state index contributed by atoms with van der Waals surface area (Å²) in [7, 11) is 0.141. The first-order valence-corrected chi connectivity index (χ1v) is 11.5. The Hall–Kier alpha value is -1.66. The molecule has 0 N–H and O–H groups in total. The predicted octanol–water partition coefficient (Wildman–Crippen LogP) is 6.66. The highest BCUT2D eigenvalue weighted by Gasteiger charge is 2.16. The molecule has 0 saturated carbocycles. The van der Waals surface area contributed by atoms with E-state index in [9.17, 15) is 4.79 Å². The predicted molar refractivity (Wildman–Crippen MR) is 123 cm³/mol. The molecule has 0 bridgehead atoms. The van der Waals surface area contributed by atoms with E-state index in [-0.39, 0.29) is 14.1 Å². The first-order valence-electron chi connectivity index (χ1n) is 10.5.